The molecule has 234 valence electrons. The summed E-state index contributed by atoms with van der Waals surface area (Å²) in [6.07, 6.45) is 2.14. The van der Waals surface area contributed by atoms with Gasteiger partial charge in [-0.05, 0) is 66.1 Å². The Morgan fingerprint density at radius 3 is 2.16 bits per heavy atom. The maximum atomic E-state index is 13.6. The molecule has 11 nitrogen and oxygen atoms in total. The second kappa shape index (κ2) is 15.9. The molecule has 0 aliphatic carbocycles. The third kappa shape index (κ3) is 9.31. The van der Waals surface area contributed by atoms with E-state index in [0.29, 0.717) is 29.4 Å². The first-order valence-electron chi connectivity index (χ1n) is 14.0. The Kier molecular flexibility index (Phi) is 11.5. The van der Waals surface area contributed by atoms with Crippen LogP contribution in [0.2, 0.25) is 0 Å². The molecule has 0 aromatic heterocycles. The Balaban J connectivity index is 1.33. The molecular weight excluding hydrogens is 596 g/mol. The van der Waals surface area contributed by atoms with Gasteiger partial charge in [0.05, 0.1) is 31.0 Å². The number of benzene rings is 4. The van der Waals surface area contributed by atoms with Crippen LogP contribution in [-0.2, 0) is 26.0 Å². The zero-order chi connectivity index (χ0) is 32.1. The molecule has 0 saturated carbocycles. The van der Waals surface area contributed by atoms with Crippen LogP contribution in [0.1, 0.15) is 11.1 Å². The number of rotatable bonds is 15. The molecule has 0 radical (unpaired) electrons. The van der Waals surface area contributed by atoms with Crippen LogP contribution in [0.3, 0.4) is 0 Å². The molecule has 4 rings (SSSR count). The number of carbonyl (C=O) groups is 2. The summed E-state index contributed by atoms with van der Waals surface area (Å²) in [6.45, 7) is -0.164. The number of amides is 2. The number of sulfonamides is 1. The Morgan fingerprint density at radius 1 is 0.822 bits per heavy atom. The first-order chi connectivity index (χ1) is 21.8. The molecule has 2 N–H and O–H groups in total. The molecular formula is C33H34N4O7S. The van der Waals surface area contributed by atoms with Crippen molar-refractivity contribution in [1.29, 1.82) is 0 Å². The number of nitrogens with zero attached hydrogens (tertiary/aromatic N) is 2. The van der Waals surface area contributed by atoms with E-state index in [1.165, 1.54) is 44.7 Å². The number of methoxy groups -OCH3 is 2. The molecule has 4 aromatic carbocycles. The summed E-state index contributed by atoms with van der Waals surface area (Å²) in [6, 6.07) is 29.0. The molecule has 0 aliphatic rings. The number of nitrogens with one attached hydrogen (secondary N) is 2. The van der Waals surface area contributed by atoms with Gasteiger partial charge < -0.3 is 19.5 Å². The van der Waals surface area contributed by atoms with Crippen molar-refractivity contribution < 1.29 is 32.2 Å². The van der Waals surface area contributed by atoms with E-state index in [2.05, 4.69) is 15.8 Å². The van der Waals surface area contributed by atoms with Crippen LogP contribution in [0.25, 0.3) is 0 Å². The van der Waals surface area contributed by atoms with Crippen molar-refractivity contribution in [2.45, 2.75) is 11.3 Å². The second-order valence-corrected chi connectivity index (χ2v) is 11.5. The fourth-order valence-electron chi connectivity index (χ4n) is 4.20. The second-order valence-electron chi connectivity index (χ2n) is 9.60. The van der Waals surface area contributed by atoms with Crippen LogP contribution in [-0.4, -0.2) is 60.4 Å². The number of anilines is 1. The molecule has 0 fully saturated rings. The molecule has 0 bridgehead atoms. The highest BCUT2D eigenvalue weighted by atomic mass is 32.2. The summed E-state index contributed by atoms with van der Waals surface area (Å²) in [5, 5.41) is 6.80. The van der Waals surface area contributed by atoms with Crippen LogP contribution < -0.4 is 29.3 Å². The fourth-order valence-corrected chi connectivity index (χ4v) is 5.63. The van der Waals surface area contributed by atoms with E-state index >= 15 is 0 Å². The maximum Gasteiger partial charge on any atom is 0.264 e. The highest BCUT2D eigenvalue weighted by Gasteiger charge is 2.28. The quantitative estimate of drug-likeness (QED) is 0.151. The summed E-state index contributed by atoms with van der Waals surface area (Å²) >= 11 is 0. The van der Waals surface area contributed by atoms with Gasteiger partial charge in [-0.15, -0.1) is 0 Å². The lowest BCUT2D eigenvalue weighted by Crippen LogP contribution is -2.39. The lowest BCUT2D eigenvalue weighted by atomic mass is 10.1. The summed E-state index contributed by atoms with van der Waals surface area (Å²) in [4.78, 5) is 25.0. The third-order valence-corrected chi connectivity index (χ3v) is 8.29. The predicted molar refractivity (Wildman–Crippen MR) is 171 cm³/mol. The molecule has 0 saturated heterocycles. The van der Waals surface area contributed by atoms with E-state index < -0.39 is 22.5 Å². The lowest BCUT2D eigenvalue weighted by molar-refractivity contribution is -0.123. The number of hydrogen-bond acceptors (Lipinski definition) is 8. The average Bonchev–Trinajstić information content (AvgIpc) is 3.07. The smallest absolute Gasteiger partial charge is 0.264 e. The molecule has 0 atom stereocenters. The molecule has 0 aliphatic heterocycles. The maximum absolute atomic E-state index is 13.6. The highest BCUT2D eigenvalue weighted by molar-refractivity contribution is 7.92. The van der Waals surface area contributed by atoms with Crippen LogP contribution in [0.4, 0.5) is 5.69 Å². The van der Waals surface area contributed by atoms with E-state index in [0.717, 1.165) is 16.3 Å². The van der Waals surface area contributed by atoms with Gasteiger partial charge in [0.15, 0.2) is 18.1 Å². The van der Waals surface area contributed by atoms with Gasteiger partial charge in [0.1, 0.15) is 12.3 Å². The largest absolute Gasteiger partial charge is 0.493 e. The summed E-state index contributed by atoms with van der Waals surface area (Å²) in [5.74, 6) is 0.309. The predicted octanol–water partition coefficient (Wildman–Crippen LogP) is 3.79. The summed E-state index contributed by atoms with van der Waals surface area (Å²) < 4.78 is 44.2. The van der Waals surface area contributed by atoms with Gasteiger partial charge in [-0.1, -0.05) is 48.5 Å². The molecule has 4 aromatic rings. The van der Waals surface area contributed by atoms with Gasteiger partial charge in [-0.2, -0.15) is 5.10 Å². The standard InChI is InChI=1S/C33H34N4O7S/c1-42-30-18-15-27(21-31(30)43-2)37(45(40,41)29-11-7-4-8-12-29)23-32(38)36-35-22-26-13-16-28(17-14-26)44-24-33(39)34-20-19-25-9-5-3-6-10-25/h3-18,21-22H,19-20,23-24H2,1-2H3,(H,34,39)(H,36,38)/b35-22-. The Morgan fingerprint density at radius 2 is 1.49 bits per heavy atom. The van der Waals surface area contributed by atoms with E-state index in [-0.39, 0.29) is 23.1 Å². The Hall–Kier alpha value is -5.36. The number of hydrazone groups is 1. The minimum atomic E-state index is -4.12. The zero-order valence-electron chi connectivity index (χ0n) is 24.9. The van der Waals surface area contributed by atoms with E-state index in [4.69, 9.17) is 14.2 Å². The van der Waals surface area contributed by atoms with Gasteiger partial charge in [0.2, 0.25) is 0 Å². The van der Waals surface area contributed by atoms with Crippen molar-refractivity contribution in [2.24, 2.45) is 5.10 Å². The molecule has 12 heteroatoms. The topological polar surface area (TPSA) is 136 Å². The molecule has 2 amide bonds. The first-order valence-corrected chi connectivity index (χ1v) is 15.4. The zero-order valence-corrected chi connectivity index (χ0v) is 25.7. The van der Waals surface area contributed by atoms with Gasteiger partial charge in [0, 0.05) is 12.6 Å². The Bertz CT molecular complexity index is 1700. The number of ether oxygens (including phenoxy) is 3. The van der Waals surface area contributed by atoms with E-state index in [9.17, 15) is 18.0 Å². The van der Waals surface area contributed by atoms with Crippen LogP contribution >= 0.6 is 0 Å². The van der Waals surface area contributed by atoms with Crippen molar-refractivity contribution in [3.8, 4) is 17.2 Å². The van der Waals surface area contributed by atoms with Crippen LogP contribution in [0.5, 0.6) is 17.2 Å². The van der Waals surface area contributed by atoms with Gasteiger partial charge in [0.25, 0.3) is 21.8 Å². The van der Waals surface area contributed by atoms with Crippen molar-refractivity contribution in [3.05, 3.63) is 114 Å². The van der Waals surface area contributed by atoms with Gasteiger partial charge >= 0.3 is 0 Å². The van der Waals surface area contributed by atoms with Gasteiger partial charge in [-0.25, -0.2) is 13.8 Å². The minimum Gasteiger partial charge on any atom is -0.493 e. The average molecular weight is 631 g/mol. The fraction of sp³-hybridized carbons (Fsp3) is 0.182. The lowest BCUT2D eigenvalue weighted by Gasteiger charge is -2.24. The Labute approximate surface area is 262 Å². The molecule has 0 heterocycles. The van der Waals surface area contributed by atoms with E-state index in [1.54, 1.807) is 48.5 Å². The normalized spacial score (nSPS) is 11.1. The highest BCUT2D eigenvalue weighted by Crippen LogP contribution is 2.33. The van der Waals surface area contributed by atoms with Crippen molar-refractivity contribution in [2.75, 3.05) is 38.2 Å². The van der Waals surface area contributed by atoms with Crippen LogP contribution in [0, 0.1) is 0 Å². The van der Waals surface area contributed by atoms with Crippen molar-refractivity contribution in [1.82, 2.24) is 10.7 Å². The monoisotopic (exact) mass is 630 g/mol. The summed E-state index contributed by atoms with van der Waals surface area (Å²) in [5.41, 5.74) is 4.36. The van der Waals surface area contributed by atoms with Crippen molar-refractivity contribution >= 4 is 33.7 Å². The minimum absolute atomic E-state index is 0.0167. The molecule has 45 heavy (non-hydrogen) atoms. The number of hydrogen-bond donors (Lipinski definition) is 2. The van der Waals surface area contributed by atoms with Gasteiger partial charge in [-0.3, -0.25) is 13.9 Å². The van der Waals surface area contributed by atoms with Crippen LogP contribution in [0.15, 0.2) is 113 Å². The SMILES string of the molecule is COc1ccc(N(CC(=O)N/N=C\c2ccc(OCC(=O)NCCc3ccccc3)cc2)S(=O)(=O)c2ccccc2)cc1OC. The molecule has 0 spiro atoms. The van der Waals surface area contributed by atoms with Crippen molar-refractivity contribution in [3.63, 3.8) is 0 Å². The van der Waals surface area contributed by atoms with E-state index in [1.807, 2.05) is 30.3 Å². The first kappa shape index (κ1) is 32.6. The summed E-state index contributed by atoms with van der Waals surface area (Å²) in [7, 11) is -1.22. The number of carbonyl (C=O) groups excluding carboxylic acids is 2. The molecule has 0 unspecified atom stereocenters. The third-order valence-electron chi connectivity index (χ3n) is 6.51.